The summed E-state index contributed by atoms with van der Waals surface area (Å²) in [6, 6.07) is 10.2. The second kappa shape index (κ2) is 6.41. The molecule has 0 unspecified atom stereocenters. The van der Waals surface area contributed by atoms with Crippen LogP contribution in [-0.4, -0.2) is 17.9 Å². The van der Waals surface area contributed by atoms with Gasteiger partial charge in [-0.25, -0.2) is 0 Å². The summed E-state index contributed by atoms with van der Waals surface area (Å²) >= 11 is 3.43. The van der Waals surface area contributed by atoms with E-state index in [0.29, 0.717) is 19.4 Å². The van der Waals surface area contributed by atoms with Gasteiger partial charge in [-0.3, -0.25) is 4.79 Å². The Morgan fingerprint density at radius 1 is 1.40 bits per heavy atom. The van der Waals surface area contributed by atoms with Crippen LogP contribution < -0.4 is 0 Å². The van der Waals surface area contributed by atoms with Gasteiger partial charge in [0.05, 0.1) is 6.07 Å². The zero-order valence-electron chi connectivity index (χ0n) is 11.7. The van der Waals surface area contributed by atoms with E-state index in [0.717, 1.165) is 29.3 Å². The average Bonchev–Trinajstić information content (AvgIpc) is 2.47. The Morgan fingerprint density at radius 3 is 2.70 bits per heavy atom. The van der Waals surface area contributed by atoms with Gasteiger partial charge in [0.15, 0.2) is 0 Å². The highest BCUT2D eigenvalue weighted by atomic mass is 79.9. The van der Waals surface area contributed by atoms with E-state index >= 15 is 0 Å². The Balaban J connectivity index is 2.10. The van der Waals surface area contributed by atoms with Crippen molar-refractivity contribution in [1.82, 2.24) is 4.90 Å². The highest BCUT2D eigenvalue weighted by molar-refractivity contribution is 9.10. The molecule has 3 nitrogen and oxygen atoms in total. The van der Waals surface area contributed by atoms with Crippen molar-refractivity contribution in [3.05, 3.63) is 34.3 Å². The Labute approximate surface area is 128 Å². The fourth-order valence-electron chi connectivity index (χ4n) is 2.88. The first-order valence-electron chi connectivity index (χ1n) is 6.99. The third-order valence-electron chi connectivity index (χ3n) is 3.99. The summed E-state index contributed by atoms with van der Waals surface area (Å²) in [6.45, 7) is 0.543. The van der Waals surface area contributed by atoms with E-state index in [1.807, 2.05) is 24.3 Å². The molecule has 1 aliphatic carbocycles. The van der Waals surface area contributed by atoms with Gasteiger partial charge in [0.25, 0.3) is 0 Å². The minimum atomic E-state index is -0.793. The molecule has 0 heterocycles. The third-order valence-corrected chi connectivity index (χ3v) is 4.48. The van der Waals surface area contributed by atoms with E-state index in [-0.39, 0.29) is 5.91 Å². The molecule has 0 aromatic heterocycles. The van der Waals surface area contributed by atoms with Crippen molar-refractivity contribution in [3.8, 4) is 6.07 Å². The summed E-state index contributed by atoms with van der Waals surface area (Å²) in [5.74, 6) is -0.0281. The van der Waals surface area contributed by atoms with Crippen LogP contribution in [-0.2, 0) is 11.3 Å². The van der Waals surface area contributed by atoms with E-state index in [2.05, 4.69) is 22.0 Å². The summed E-state index contributed by atoms with van der Waals surface area (Å²) in [6.07, 6.45) is 4.48. The van der Waals surface area contributed by atoms with Crippen LogP contribution in [0.15, 0.2) is 28.7 Å². The molecule has 1 aliphatic rings. The quantitative estimate of drug-likeness (QED) is 0.841. The molecule has 0 atom stereocenters. The van der Waals surface area contributed by atoms with Crippen LogP contribution in [0.3, 0.4) is 0 Å². The van der Waals surface area contributed by atoms with E-state index in [1.54, 1.807) is 11.9 Å². The van der Waals surface area contributed by atoms with Gasteiger partial charge in [-0.15, -0.1) is 0 Å². The second-order valence-corrected chi connectivity index (χ2v) is 6.46. The van der Waals surface area contributed by atoms with Crippen molar-refractivity contribution < 1.29 is 4.79 Å². The number of carbonyl (C=O) groups is 1. The van der Waals surface area contributed by atoms with Crippen LogP contribution in [0, 0.1) is 16.7 Å². The maximum Gasteiger partial charge on any atom is 0.243 e. The topological polar surface area (TPSA) is 44.1 Å². The average molecular weight is 335 g/mol. The van der Waals surface area contributed by atoms with Crippen LogP contribution in [0.1, 0.15) is 37.7 Å². The van der Waals surface area contributed by atoms with Crippen molar-refractivity contribution in [2.45, 2.75) is 38.6 Å². The van der Waals surface area contributed by atoms with Crippen LogP contribution >= 0.6 is 15.9 Å². The molecule has 1 aromatic carbocycles. The fraction of sp³-hybridized carbons (Fsp3) is 0.500. The molecule has 0 N–H and O–H groups in total. The van der Waals surface area contributed by atoms with Gasteiger partial charge < -0.3 is 4.90 Å². The Morgan fingerprint density at radius 2 is 2.10 bits per heavy atom. The number of carbonyl (C=O) groups excluding carboxylic acids is 1. The van der Waals surface area contributed by atoms with Gasteiger partial charge in [-0.05, 0) is 30.5 Å². The Kier molecular flexibility index (Phi) is 4.82. The summed E-state index contributed by atoms with van der Waals surface area (Å²) < 4.78 is 1.00. The molecule has 2 rings (SSSR count). The third kappa shape index (κ3) is 3.21. The van der Waals surface area contributed by atoms with E-state index in [4.69, 9.17) is 0 Å². The number of nitrogens with zero attached hydrogens (tertiary/aromatic N) is 2. The first-order chi connectivity index (χ1) is 9.57. The predicted molar refractivity (Wildman–Crippen MR) is 81.7 cm³/mol. The fourth-order valence-corrected chi connectivity index (χ4v) is 3.32. The maximum absolute atomic E-state index is 12.6. The lowest BCUT2D eigenvalue weighted by atomic mass is 9.74. The first-order valence-corrected chi connectivity index (χ1v) is 7.78. The van der Waals surface area contributed by atoms with Gasteiger partial charge in [0, 0.05) is 18.1 Å². The zero-order chi connectivity index (χ0) is 14.6. The smallest absolute Gasteiger partial charge is 0.243 e. The predicted octanol–water partition coefficient (Wildman–Crippen LogP) is 3.88. The van der Waals surface area contributed by atoms with Crippen LogP contribution in [0.5, 0.6) is 0 Å². The Hall–Kier alpha value is -1.34. The number of rotatable bonds is 3. The summed E-state index contributed by atoms with van der Waals surface area (Å²) in [4.78, 5) is 14.3. The molecule has 4 heteroatoms. The first kappa shape index (κ1) is 15.1. The van der Waals surface area contributed by atoms with Crippen molar-refractivity contribution in [2.24, 2.45) is 5.41 Å². The number of benzene rings is 1. The highest BCUT2D eigenvalue weighted by Gasteiger charge is 2.41. The zero-order valence-corrected chi connectivity index (χ0v) is 13.3. The number of halogens is 1. The number of amides is 1. The maximum atomic E-state index is 12.6. The van der Waals surface area contributed by atoms with E-state index in [1.165, 1.54) is 0 Å². The molecule has 0 aliphatic heterocycles. The van der Waals surface area contributed by atoms with Crippen molar-refractivity contribution in [3.63, 3.8) is 0 Å². The van der Waals surface area contributed by atoms with Crippen molar-refractivity contribution >= 4 is 21.8 Å². The van der Waals surface area contributed by atoms with Gasteiger partial charge in [-0.2, -0.15) is 5.26 Å². The van der Waals surface area contributed by atoms with Gasteiger partial charge in [0.1, 0.15) is 5.41 Å². The molecule has 1 saturated carbocycles. The lowest BCUT2D eigenvalue weighted by Crippen LogP contribution is -2.42. The molecule has 0 saturated heterocycles. The number of nitriles is 1. The number of hydrogen-bond donors (Lipinski definition) is 0. The minimum Gasteiger partial charge on any atom is -0.340 e. The summed E-state index contributed by atoms with van der Waals surface area (Å²) in [5.41, 5.74) is 0.276. The largest absolute Gasteiger partial charge is 0.340 e. The monoisotopic (exact) mass is 334 g/mol. The summed E-state index contributed by atoms with van der Waals surface area (Å²) in [7, 11) is 1.79. The molecule has 1 fully saturated rings. The van der Waals surface area contributed by atoms with Crippen molar-refractivity contribution in [1.29, 1.82) is 5.26 Å². The molecule has 20 heavy (non-hydrogen) atoms. The van der Waals surface area contributed by atoms with Gasteiger partial charge >= 0.3 is 0 Å². The minimum absolute atomic E-state index is 0.0281. The molecular weight excluding hydrogens is 316 g/mol. The lowest BCUT2D eigenvalue weighted by molar-refractivity contribution is -0.139. The van der Waals surface area contributed by atoms with Gasteiger partial charge in [0.2, 0.25) is 5.91 Å². The van der Waals surface area contributed by atoms with Crippen LogP contribution in [0.4, 0.5) is 0 Å². The van der Waals surface area contributed by atoms with E-state index < -0.39 is 5.41 Å². The molecule has 1 aromatic rings. The molecule has 0 bridgehead atoms. The van der Waals surface area contributed by atoms with Crippen LogP contribution in [0.25, 0.3) is 0 Å². The molecular formula is C16H19BrN2O. The van der Waals surface area contributed by atoms with E-state index in [9.17, 15) is 10.1 Å². The van der Waals surface area contributed by atoms with Crippen molar-refractivity contribution in [2.75, 3.05) is 7.05 Å². The molecule has 1 amide bonds. The standard InChI is InChI=1S/C16H19BrN2O/c1-19(11-13-6-5-7-14(17)10-13)15(20)16(12-18)8-3-2-4-9-16/h5-7,10H,2-4,8-9,11H2,1H3. The second-order valence-electron chi connectivity index (χ2n) is 5.55. The SMILES string of the molecule is CN(Cc1cccc(Br)c1)C(=O)C1(C#N)CCCCC1. The van der Waals surface area contributed by atoms with Crippen LogP contribution in [0.2, 0.25) is 0 Å². The normalized spacial score (nSPS) is 17.2. The molecule has 106 valence electrons. The molecule has 0 radical (unpaired) electrons. The Bertz CT molecular complexity index is 530. The number of hydrogen-bond acceptors (Lipinski definition) is 2. The lowest BCUT2D eigenvalue weighted by Gasteiger charge is -2.33. The summed E-state index contributed by atoms with van der Waals surface area (Å²) in [5, 5.41) is 9.47. The molecule has 0 spiro atoms. The highest BCUT2D eigenvalue weighted by Crippen LogP contribution is 2.37. The van der Waals surface area contributed by atoms with Gasteiger partial charge in [-0.1, -0.05) is 47.3 Å².